The summed E-state index contributed by atoms with van der Waals surface area (Å²) in [6, 6.07) is 2.17. The second kappa shape index (κ2) is 6.26. The monoisotopic (exact) mass is 327 g/mol. The zero-order chi connectivity index (χ0) is 17.4. The summed E-state index contributed by atoms with van der Waals surface area (Å²) in [6.45, 7) is 10.2. The Hall–Kier alpha value is -2.37. The summed E-state index contributed by atoms with van der Waals surface area (Å²) < 4.78 is 7.54. The molecular formula is C18H25N5O. The van der Waals surface area contributed by atoms with Crippen LogP contribution in [0.1, 0.15) is 63.8 Å². The first-order valence-electron chi connectivity index (χ1n) is 8.67. The van der Waals surface area contributed by atoms with Crippen molar-refractivity contribution < 1.29 is 4.52 Å². The molecule has 128 valence electrons. The lowest BCUT2D eigenvalue weighted by Gasteiger charge is -2.06. The van der Waals surface area contributed by atoms with E-state index < -0.39 is 0 Å². The average molecular weight is 327 g/mol. The van der Waals surface area contributed by atoms with E-state index in [9.17, 15) is 0 Å². The van der Waals surface area contributed by atoms with Gasteiger partial charge in [-0.3, -0.25) is 4.68 Å². The minimum absolute atomic E-state index is 0.230. The molecule has 3 heterocycles. The van der Waals surface area contributed by atoms with Gasteiger partial charge in [0.15, 0.2) is 0 Å². The van der Waals surface area contributed by atoms with E-state index >= 15 is 0 Å². The molecule has 0 atom stereocenters. The number of nitrogens with zero attached hydrogens (tertiary/aromatic N) is 4. The zero-order valence-electron chi connectivity index (χ0n) is 15.0. The molecule has 0 bridgehead atoms. The molecule has 3 aromatic heterocycles. The maximum absolute atomic E-state index is 6.11. The van der Waals surface area contributed by atoms with E-state index in [1.807, 2.05) is 31.5 Å². The van der Waals surface area contributed by atoms with Gasteiger partial charge in [-0.05, 0) is 39.7 Å². The number of fused-ring (bicyclic) bond motifs is 1. The Morgan fingerprint density at radius 1 is 1.25 bits per heavy atom. The van der Waals surface area contributed by atoms with Crippen LogP contribution in [0, 0.1) is 6.92 Å². The van der Waals surface area contributed by atoms with Crippen molar-refractivity contribution in [2.24, 2.45) is 0 Å². The van der Waals surface area contributed by atoms with Crippen LogP contribution in [-0.4, -0.2) is 19.9 Å². The lowest BCUT2D eigenvalue weighted by Crippen LogP contribution is -2.02. The van der Waals surface area contributed by atoms with E-state index in [0.717, 1.165) is 33.6 Å². The molecule has 3 aromatic rings. The molecule has 6 heteroatoms. The molecule has 1 fully saturated rings. The maximum Gasteiger partial charge on any atom is 0.143 e. The molecule has 0 aliphatic heterocycles. The number of nitrogens with two attached hydrogens (primary N) is 1. The Kier molecular flexibility index (Phi) is 4.30. The molecule has 0 radical (unpaired) electrons. The van der Waals surface area contributed by atoms with Crippen LogP contribution < -0.4 is 5.73 Å². The van der Waals surface area contributed by atoms with Gasteiger partial charge in [-0.25, -0.2) is 4.98 Å². The van der Waals surface area contributed by atoms with Gasteiger partial charge in [0.05, 0.1) is 10.9 Å². The Morgan fingerprint density at radius 2 is 1.96 bits per heavy atom. The third-order valence-electron chi connectivity index (χ3n) is 4.27. The first-order chi connectivity index (χ1) is 11.6. The summed E-state index contributed by atoms with van der Waals surface area (Å²) in [5, 5.41) is 9.88. The first-order valence-corrected chi connectivity index (χ1v) is 8.67. The van der Waals surface area contributed by atoms with Crippen molar-refractivity contribution in [3.05, 3.63) is 23.6 Å². The smallest absolute Gasteiger partial charge is 0.143 e. The fourth-order valence-electron chi connectivity index (χ4n) is 2.97. The van der Waals surface area contributed by atoms with Crippen molar-refractivity contribution in [1.82, 2.24) is 19.9 Å². The van der Waals surface area contributed by atoms with Crippen molar-refractivity contribution in [2.75, 3.05) is 5.73 Å². The van der Waals surface area contributed by atoms with Gasteiger partial charge in [-0.1, -0.05) is 19.0 Å². The Morgan fingerprint density at radius 3 is 2.58 bits per heavy atom. The van der Waals surface area contributed by atoms with E-state index in [2.05, 4.69) is 24.0 Å². The number of pyridine rings is 1. The van der Waals surface area contributed by atoms with Crippen molar-refractivity contribution in [1.29, 1.82) is 0 Å². The predicted octanol–water partition coefficient (Wildman–Crippen LogP) is 4.46. The normalized spacial score (nSPS) is 14.1. The van der Waals surface area contributed by atoms with Crippen molar-refractivity contribution in [2.45, 2.75) is 59.4 Å². The van der Waals surface area contributed by atoms with Crippen LogP contribution in [0.15, 0.2) is 16.8 Å². The number of hydrogen-bond acceptors (Lipinski definition) is 5. The van der Waals surface area contributed by atoms with Gasteiger partial charge in [0.2, 0.25) is 0 Å². The molecule has 6 nitrogen and oxygen atoms in total. The fourth-order valence-corrected chi connectivity index (χ4v) is 2.97. The van der Waals surface area contributed by atoms with Crippen molar-refractivity contribution in [3.63, 3.8) is 0 Å². The highest BCUT2D eigenvalue weighted by molar-refractivity contribution is 6.00. The van der Waals surface area contributed by atoms with Gasteiger partial charge in [0.1, 0.15) is 23.0 Å². The first kappa shape index (κ1) is 16.5. The molecule has 24 heavy (non-hydrogen) atoms. The van der Waals surface area contributed by atoms with Crippen LogP contribution in [0.3, 0.4) is 0 Å². The van der Waals surface area contributed by atoms with E-state index in [1.54, 1.807) is 6.20 Å². The molecule has 1 aliphatic rings. The SMILES string of the molecule is CC.Cc1c(-c2nn(C(C)C)c3ccnc(N)c23)noc1C1CC1. The number of aromatic nitrogens is 4. The minimum Gasteiger partial charge on any atom is -0.383 e. The molecule has 0 amide bonds. The van der Waals surface area contributed by atoms with Crippen molar-refractivity contribution >= 4 is 16.7 Å². The maximum atomic E-state index is 6.11. The molecule has 1 aliphatic carbocycles. The van der Waals surface area contributed by atoms with Crippen LogP contribution in [0.25, 0.3) is 22.3 Å². The van der Waals surface area contributed by atoms with Crippen LogP contribution in [0.4, 0.5) is 5.82 Å². The van der Waals surface area contributed by atoms with Gasteiger partial charge in [0.25, 0.3) is 0 Å². The summed E-state index contributed by atoms with van der Waals surface area (Å²) in [7, 11) is 0. The van der Waals surface area contributed by atoms with Gasteiger partial charge in [-0.2, -0.15) is 5.10 Å². The van der Waals surface area contributed by atoms with Crippen molar-refractivity contribution in [3.8, 4) is 11.4 Å². The van der Waals surface area contributed by atoms with Crippen LogP contribution in [0.5, 0.6) is 0 Å². The van der Waals surface area contributed by atoms with Crippen LogP contribution >= 0.6 is 0 Å². The Balaban J connectivity index is 0.000000815. The third-order valence-corrected chi connectivity index (χ3v) is 4.27. The highest BCUT2D eigenvalue weighted by Crippen LogP contribution is 2.44. The average Bonchev–Trinajstić information content (AvgIpc) is 3.23. The van der Waals surface area contributed by atoms with E-state index in [1.165, 1.54) is 12.8 Å². The van der Waals surface area contributed by atoms with Gasteiger partial charge in [-0.15, -0.1) is 0 Å². The zero-order valence-corrected chi connectivity index (χ0v) is 15.0. The quantitative estimate of drug-likeness (QED) is 0.768. The highest BCUT2D eigenvalue weighted by Gasteiger charge is 2.32. The Bertz CT molecular complexity index is 858. The van der Waals surface area contributed by atoms with E-state index in [-0.39, 0.29) is 6.04 Å². The molecule has 2 N–H and O–H groups in total. The molecule has 0 saturated heterocycles. The van der Waals surface area contributed by atoms with Crippen LogP contribution in [0.2, 0.25) is 0 Å². The lowest BCUT2D eigenvalue weighted by molar-refractivity contribution is 0.385. The largest absolute Gasteiger partial charge is 0.383 e. The Labute approximate surface area is 142 Å². The number of anilines is 1. The van der Waals surface area contributed by atoms with Gasteiger partial charge >= 0.3 is 0 Å². The molecule has 0 aromatic carbocycles. The summed E-state index contributed by atoms with van der Waals surface area (Å²) in [5.41, 5.74) is 9.71. The lowest BCUT2D eigenvalue weighted by atomic mass is 10.1. The summed E-state index contributed by atoms with van der Waals surface area (Å²) in [4.78, 5) is 4.22. The minimum atomic E-state index is 0.230. The molecule has 0 unspecified atom stereocenters. The fraction of sp³-hybridized carbons (Fsp3) is 0.500. The number of rotatable bonds is 3. The number of nitrogen functional groups attached to an aromatic ring is 1. The summed E-state index contributed by atoms with van der Waals surface area (Å²) in [5.74, 6) is 2.00. The molecular weight excluding hydrogens is 302 g/mol. The summed E-state index contributed by atoms with van der Waals surface area (Å²) in [6.07, 6.45) is 4.08. The number of hydrogen-bond donors (Lipinski definition) is 1. The van der Waals surface area contributed by atoms with Crippen LogP contribution in [-0.2, 0) is 0 Å². The van der Waals surface area contributed by atoms with E-state index in [4.69, 9.17) is 15.4 Å². The molecule has 1 saturated carbocycles. The topological polar surface area (TPSA) is 82.8 Å². The summed E-state index contributed by atoms with van der Waals surface area (Å²) >= 11 is 0. The second-order valence-electron chi connectivity index (χ2n) is 6.27. The molecule has 4 rings (SSSR count). The standard InChI is InChI=1S/C16H19N5O.C2H6/c1-8(2)21-11-6-7-18-16(17)12(11)14(19-21)13-9(3)15(22-20-13)10-4-5-10;1-2/h6-8,10H,4-5H2,1-3H3,(H2,17,18);1-2H3. The van der Waals surface area contributed by atoms with Gasteiger partial charge < -0.3 is 10.3 Å². The second-order valence-corrected chi connectivity index (χ2v) is 6.27. The third kappa shape index (κ3) is 2.56. The molecule has 0 spiro atoms. The highest BCUT2D eigenvalue weighted by atomic mass is 16.5. The predicted molar refractivity (Wildman–Crippen MR) is 95.9 cm³/mol. The van der Waals surface area contributed by atoms with E-state index in [0.29, 0.717) is 11.7 Å². The van der Waals surface area contributed by atoms with Gasteiger partial charge in [0, 0.05) is 23.7 Å².